The van der Waals surface area contributed by atoms with E-state index in [0.717, 1.165) is 13.2 Å². The van der Waals surface area contributed by atoms with E-state index in [2.05, 4.69) is 51.2 Å². The molecule has 1 saturated heterocycles. The number of ether oxygens (including phenoxy) is 1. The van der Waals surface area contributed by atoms with Gasteiger partial charge in [0.1, 0.15) is 0 Å². The Hall–Kier alpha value is -0.860. The molecule has 0 aromatic heterocycles. The van der Waals surface area contributed by atoms with Crippen LogP contribution < -0.4 is 5.32 Å². The largest absolute Gasteiger partial charge is 0.370 e. The normalized spacial score (nSPS) is 24.4. The second-order valence-electron chi connectivity index (χ2n) is 5.42. The standard InChI is InChI=1S/C14H21NO/c1-10-5-6-12(11(2)7-10)13-8-15-14(3,4)9-16-13/h5-7,13,15H,8-9H2,1-4H3. The van der Waals surface area contributed by atoms with E-state index in [1.54, 1.807) is 0 Å². The van der Waals surface area contributed by atoms with E-state index < -0.39 is 0 Å². The van der Waals surface area contributed by atoms with E-state index in [1.807, 2.05) is 0 Å². The quantitative estimate of drug-likeness (QED) is 0.784. The van der Waals surface area contributed by atoms with E-state index in [1.165, 1.54) is 16.7 Å². The molecule has 88 valence electrons. The molecule has 16 heavy (non-hydrogen) atoms. The molecule has 0 saturated carbocycles. The SMILES string of the molecule is Cc1ccc(C2CNC(C)(C)CO2)c(C)c1. The van der Waals surface area contributed by atoms with Crippen molar-refractivity contribution in [3.8, 4) is 0 Å². The molecule has 2 heteroatoms. The van der Waals surface area contributed by atoms with Crippen LogP contribution >= 0.6 is 0 Å². The summed E-state index contributed by atoms with van der Waals surface area (Å²) in [4.78, 5) is 0. The number of benzene rings is 1. The van der Waals surface area contributed by atoms with Crippen LogP contribution in [0.15, 0.2) is 18.2 Å². The summed E-state index contributed by atoms with van der Waals surface area (Å²) in [5.41, 5.74) is 4.06. The maximum atomic E-state index is 5.94. The third-order valence-electron chi connectivity index (χ3n) is 3.18. The summed E-state index contributed by atoms with van der Waals surface area (Å²) in [7, 11) is 0. The van der Waals surface area contributed by atoms with Gasteiger partial charge in [-0.1, -0.05) is 23.8 Å². The Balaban J connectivity index is 2.14. The summed E-state index contributed by atoms with van der Waals surface area (Å²) in [5, 5.41) is 3.52. The van der Waals surface area contributed by atoms with Gasteiger partial charge in [0.2, 0.25) is 0 Å². The second-order valence-corrected chi connectivity index (χ2v) is 5.42. The molecule has 0 aliphatic carbocycles. The molecule has 1 aromatic carbocycles. The Morgan fingerprint density at radius 3 is 2.62 bits per heavy atom. The molecular weight excluding hydrogens is 198 g/mol. The first-order chi connectivity index (χ1) is 7.48. The zero-order chi connectivity index (χ0) is 11.8. The number of nitrogens with one attached hydrogen (secondary N) is 1. The fourth-order valence-electron chi connectivity index (χ4n) is 2.17. The predicted molar refractivity (Wildman–Crippen MR) is 66.7 cm³/mol. The topological polar surface area (TPSA) is 21.3 Å². The van der Waals surface area contributed by atoms with E-state index in [0.29, 0.717) is 0 Å². The van der Waals surface area contributed by atoms with Crippen LogP contribution in [0.1, 0.15) is 36.6 Å². The Morgan fingerprint density at radius 1 is 1.31 bits per heavy atom. The molecule has 1 unspecified atom stereocenters. The van der Waals surface area contributed by atoms with Crippen LogP contribution in [0.4, 0.5) is 0 Å². The lowest BCUT2D eigenvalue weighted by Gasteiger charge is -2.36. The fraction of sp³-hybridized carbons (Fsp3) is 0.571. The zero-order valence-corrected chi connectivity index (χ0v) is 10.6. The Bertz CT molecular complexity index is 374. The van der Waals surface area contributed by atoms with Crippen molar-refractivity contribution in [3.63, 3.8) is 0 Å². The molecule has 0 spiro atoms. The monoisotopic (exact) mass is 219 g/mol. The molecule has 1 atom stereocenters. The number of aryl methyl sites for hydroxylation is 2. The second kappa shape index (κ2) is 4.19. The minimum atomic E-state index is 0.106. The highest BCUT2D eigenvalue weighted by Gasteiger charge is 2.28. The van der Waals surface area contributed by atoms with Gasteiger partial charge in [0, 0.05) is 12.1 Å². The molecule has 1 heterocycles. The highest BCUT2D eigenvalue weighted by atomic mass is 16.5. The first-order valence-electron chi connectivity index (χ1n) is 5.92. The average Bonchev–Trinajstić information content (AvgIpc) is 2.19. The van der Waals surface area contributed by atoms with Gasteiger partial charge >= 0.3 is 0 Å². The van der Waals surface area contributed by atoms with Crippen molar-refractivity contribution >= 4 is 0 Å². The van der Waals surface area contributed by atoms with Crippen molar-refractivity contribution in [1.29, 1.82) is 0 Å². The summed E-state index contributed by atoms with van der Waals surface area (Å²) in [6.45, 7) is 10.3. The zero-order valence-electron chi connectivity index (χ0n) is 10.6. The third kappa shape index (κ3) is 2.45. The molecular formula is C14H21NO. The average molecular weight is 219 g/mol. The van der Waals surface area contributed by atoms with E-state index in [-0.39, 0.29) is 11.6 Å². The van der Waals surface area contributed by atoms with Crippen LogP contribution in [0.3, 0.4) is 0 Å². The molecule has 1 aliphatic heterocycles. The van der Waals surface area contributed by atoms with Crippen molar-refractivity contribution in [3.05, 3.63) is 34.9 Å². The molecule has 2 rings (SSSR count). The summed E-state index contributed by atoms with van der Waals surface area (Å²) in [5.74, 6) is 0. The molecule has 0 radical (unpaired) electrons. The smallest absolute Gasteiger partial charge is 0.0952 e. The lowest BCUT2D eigenvalue weighted by Crippen LogP contribution is -2.50. The van der Waals surface area contributed by atoms with E-state index in [9.17, 15) is 0 Å². The number of hydrogen-bond donors (Lipinski definition) is 1. The van der Waals surface area contributed by atoms with Crippen molar-refractivity contribution in [1.82, 2.24) is 5.32 Å². The Labute approximate surface area is 98.0 Å². The van der Waals surface area contributed by atoms with Gasteiger partial charge in [0.05, 0.1) is 12.7 Å². The van der Waals surface area contributed by atoms with Gasteiger partial charge < -0.3 is 10.1 Å². The first-order valence-corrected chi connectivity index (χ1v) is 5.92. The summed E-state index contributed by atoms with van der Waals surface area (Å²) >= 11 is 0. The summed E-state index contributed by atoms with van der Waals surface area (Å²) in [6, 6.07) is 6.57. The van der Waals surface area contributed by atoms with Gasteiger partial charge in [-0.05, 0) is 38.8 Å². The van der Waals surface area contributed by atoms with Crippen molar-refractivity contribution in [2.24, 2.45) is 0 Å². The van der Waals surface area contributed by atoms with Crippen LogP contribution in [0, 0.1) is 13.8 Å². The van der Waals surface area contributed by atoms with Crippen molar-refractivity contribution in [2.45, 2.75) is 39.3 Å². The molecule has 0 bridgehead atoms. The van der Waals surface area contributed by atoms with Crippen LogP contribution in [-0.4, -0.2) is 18.7 Å². The maximum Gasteiger partial charge on any atom is 0.0952 e. The Morgan fingerprint density at radius 2 is 2.06 bits per heavy atom. The number of morpholine rings is 1. The van der Waals surface area contributed by atoms with Gasteiger partial charge in [-0.2, -0.15) is 0 Å². The summed E-state index contributed by atoms with van der Waals surface area (Å²) in [6.07, 6.45) is 0.202. The van der Waals surface area contributed by atoms with Crippen LogP contribution in [-0.2, 0) is 4.74 Å². The van der Waals surface area contributed by atoms with Gasteiger partial charge in [-0.25, -0.2) is 0 Å². The van der Waals surface area contributed by atoms with Gasteiger partial charge in [0.25, 0.3) is 0 Å². The van der Waals surface area contributed by atoms with Crippen LogP contribution in [0.25, 0.3) is 0 Å². The molecule has 1 aliphatic rings. The summed E-state index contributed by atoms with van der Waals surface area (Å²) < 4.78 is 5.94. The van der Waals surface area contributed by atoms with E-state index in [4.69, 9.17) is 4.74 Å². The number of rotatable bonds is 1. The van der Waals surface area contributed by atoms with Crippen molar-refractivity contribution in [2.75, 3.05) is 13.2 Å². The molecule has 0 amide bonds. The highest BCUT2D eigenvalue weighted by molar-refractivity contribution is 5.32. The van der Waals surface area contributed by atoms with Crippen molar-refractivity contribution < 1.29 is 4.74 Å². The lowest BCUT2D eigenvalue weighted by atomic mass is 9.97. The molecule has 1 fully saturated rings. The fourth-order valence-corrected chi connectivity index (χ4v) is 2.17. The van der Waals surface area contributed by atoms with Gasteiger partial charge in [-0.15, -0.1) is 0 Å². The molecule has 1 aromatic rings. The van der Waals surface area contributed by atoms with Gasteiger partial charge in [-0.3, -0.25) is 0 Å². The minimum absolute atomic E-state index is 0.106. The molecule has 2 nitrogen and oxygen atoms in total. The predicted octanol–water partition coefficient (Wildman–Crippen LogP) is 2.74. The highest BCUT2D eigenvalue weighted by Crippen LogP contribution is 2.26. The number of hydrogen-bond acceptors (Lipinski definition) is 2. The Kier molecular flexibility index (Phi) is 3.04. The lowest BCUT2D eigenvalue weighted by molar-refractivity contribution is -0.0231. The van der Waals surface area contributed by atoms with E-state index >= 15 is 0 Å². The maximum absolute atomic E-state index is 5.94. The van der Waals surface area contributed by atoms with Crippen LogP contribution in [0.5, 0.6) is 0 Å². The minimum Gasteiger partial charge on any atom is -0.370 e. The first kappa shape index (κ1) is 11.6. The third-order valence-corrected chi connectivity index (χ3v) is 3.18. The van der Waals surface area contributed by atoms with Crippen LogP contribution in [0.2, 0.25) is 0 Å². The van der Waals surface area contributed by atoms with Gasteiger partial charge in [0.15, 0.2) is 0 Å². The molecule has 1 N–H and O–H groups in total.